The highest BCUT2D eigenvalue weighted by Crippen LogP contribution is 2.19. The SMILES string of the molecule is N[C@@H](CS)C(=O)NCC(=O)N1CCC[C@H]1C(=O)N[C@@H](CS)C(=O)NCC(=O)NCC(=O)N[C@@H](CS)C(=O)NCC(=O)N1CCC[C@H]1C(=O)N[C@@H](CS)C(=O)O. The van der Waals surface area contributed by atoms with Gasteiger partial charge in [-0.15, -0.1) is 0 Å². The molecule has 2 aliphatic rings. The summed E-state index contributed by atoms with van der Waals surface area (Å²) in [5.74, 6) is -7.80. The van der Waals surface area contributed by atoms with E-state index in [4.69, 9.17) is 10.8 Å². The van der Waals surface area contributed by atoms with Gasteiger partial charge in [0.2, 0.25) is 53.2 Å². The van der Waals surface area contributed by atoms with E-state index in [1.54, 1.807) is 0 Å². The van der Waals surface area contributed by atoms with Gasteiger partial charge in [-0.25, -0.2) is 4.79 Å². The zero-order valence-electron chi connectivity index (χ0n) is 29.7. The van der Waals surface area contributed by atoms with Crippen LogP contribution < -0.4 is 43.0 Å². The third kappa shape index (κ3) is 14.9. The van der Waals surface area contributed by atoms with Crippen LogP contribution in [0, 0.1) is 0 Å². The molecule has 2 aliphatic heterocycles. The third-order valence-corrected chi connectivity index (χ3v) is 9.92. The fourth-order valence-corrected chi connectivity index (χ4v) is 6.36. The van der Waals surface area contributed by atoms with Gasteiger partial charge in [0.25, 0.3) is 0 Å². The van der Waals surface area contributed by atoms with Crippen LogP contribution in [0.4, 0.5) is 0 Å². The first-order chi connectivity index (χ1) is 26.1. The molecule has 2 rings (SSSR count). The average molecular weight is 853 g/mol. The summed E-state index contributed by atoms with van der Waals surface area (Å²) in [7, 11) is 0. The van der Waals surface area contributed by atoms with E-state index in [0.717, 1.165) is 0 Å². The van der Waals surface area contributed by atoms with Gasteiger partial charge < -0.3 is 57.9 Å². The Morgan fingerprint density at radius 2 is 0.982 bits per heavy atom. The summed E-state index contributed by atoms with van der Waals surface area (Å²) in [5, 5.41) is 25.7. The third-order valence-electron chi connectivity index (χ3n) is 8.43. The van der Waals surface area contributed by atoms with Gasteiger partial charge in [-0.05, 0) is 25.7 Å². The second-order valence-electron chi connectivity index (χ2n) is 12.3. The zero-order chi connectivity index (χ0) is 41.2. The number of carboxylic acid groups (broad SMARTS) is 1. The molecule has 25 heteroatoms. The Morgan fingerprint density at radius 1 is 0.564 bits per heavy atom. The Morgan fingerprint density at radius 3 is 1.44 bits per heavy atom. The molecule has 6 atom stereocenters. The fraction of sp³-hybridized carbons (Fsp3) is 0.667. The van der Waals surface area contributed by atoms with Gasteiger partial charge in [-0.3, -0.25) is 43.2 Å². The standard InChI is InChI=1S/C30H48N10O11S4/c31-15(11-52)25(45)34-9-23(43)39-5-1-3-19(39)28(48)37-17(13-54)27(47)33-7-21(41)32-8-22(42)36-16(12-53)26(46)35-10-24(44)40-6-2-4-20(40)29(49)38-18(14-55)30(50)51/h15-20,52-55H,1-14,31H2,(H,32,41)(H,33,47)(H,34,45)(H,35,46)(H,36,42)(H,37,48)(H,38,49)(H,50,51)/t15-,16-,17-,18-,19-,20-/m0/s1. The van der Waals surface area contributed by atoms with Gasteiger partial charge in [0.05, 0.1) is 32.2 Å². The second-order valence-corrected chi connectivity index (χ2v) is 13.8. The summed E-state index contributed by atoms with van der Waals surface area (Å²) in [6.45, 7) is -1.62. The van der Waals surface area contributed by atoms with Crippen molar-refractivity contribution in [3.05, 3.63) is 0 Å². The molecule has 0 aliphatic carbocycles. The van der Waals surface area contributed by atoms with Crippen LogP contribution in [0.5, 0.6) is 0 Å². The van der Waals surface area contributed by atoms with Crippen LogP contribution in [-0.4, -0.2) is 173 Å². The number of carbonyl (C=O) groups excluding carboxylic acids is 9. The van der Waals surface area contributed by atoms with Gasteiger partial charge in [-0.2, -0.15) is 50.5 Å². The predicted octanol–water partition coefficient (Wildman–Crippen LogP) is -5.98. The molecular formula is C30H48N10O11S4. The van der Waals surface area contributed by atoms with E-state index in [1.165, 1.54) is 9.80 Å². The van der Waals surface area contributed by atoms with Crippen molar-refractivity contribution in [1.82, 2.24) is 47.0 Å². The lowest BCUT2D eigenvalue weighted by Crippen LogP contribution is -2.56. The molecule has 308 valence electrons. The largest absolute Gasteiger partial charge is 0.480 e. The monoisotopic (exact) mass is 852 g/mol. The molecule has 0 aromatic heterocycles. The number of nitrogens with one attached hydrogen (secondary N) is 7. The molecule has 2 heterocycles. The molecule has 0 bridgehead atoms. The van der Waals surface area contributed by atoms with Crippen LogP contribution in [0.1, 0.15) is 25.7 Å². The molecule has 10 N–H and O–H groups in total. The lowest BCUT2D eigenvalue weighted by Gasteiger charge is -2.26. The molecule has 0 saturated carbocycles. The molecule has 0 aromatic carbocycles. The van der Waals surface area contributed by atoms with E-state index < -0.39 is 115 Å². The highest BCUT2D eigenvalue weighted by atomic mass is 32.1. The highest BCUT2D eigenvalue weighted by molar-refractivity contribution is 7.80. The molecule has 9 amide bonds. The van der Waals surface area contributed by atoms with E-state index in [1.807, 2.05) is 0 Å². The normalized spacial score (nSPS) is 18.5. The summed E-state index contributed by atoms with van der Waals surface area (Å²) >= 11 is 16.0. The van der Waals surface area contributed by atoms with E-state index >= 15 is 0 Å². The Bertz CT molecular complexity index is 1460. The molecule has 0 spiro atoms. The number of carboxylic acids is 1. The van der Waals surface area contributed by atoms with Gasteiger partial charge >= 0.3 is 5.97 Å². The Labute approximate surface area is 338 Å². The first-order valence-electron chi connectivity index (χ1n) is 17.1. The summed E-state index contributed by atoms with van der Waals surface area (Å²) < 4.78 is 0. The summed E-state index contributed by atoms with van der Waals surface area (Å²) in [6, 6.07) is -6.38. The van der Waals surface area contributed by atoms with E-state index in [0.29, 0.717) is 25.7 Å². The van der Waals surface area contributed by atoms with Crippen LogP contribution >= 0.6 is 50.5 Å². The molecule has 0 radical (unpaired) electrons. The number of nitrogens with zero attached hydrogens (tertiary/aromatic N) is 2. The first kappa shape index (κ1) is 47.2. The number of thiol groups is 4. The number of nitrogens with two attached hydrogens (primary N) is 1. The van der Waals surface area contributed by atoms with Crippen molar-refractivity contribution < 1.29 is 53.1 Å². The maximum atomic E-state index is 13.0. The average Bonchev–Trinajstić information content (AvgIpc) is 3.88. The van der Waals surface area contributed by atoms with Crippen molar-refractivity contribution >= 4 is 110 Å². The zero-order valence-corrected chi connectivity index (χ0v) is 33.2. The summed E-state index contributed by atoms with van der Waals surface area (Å²) in [4.78, 5) is 127. The summed E-state index contributed by atoms with van der Waals surface area (Å²) in [5.41, 5.74) is 5.58. The van der Waals surface area contributed by atoms with Gasteiger partial charge in [0, 0.05) is 36.1 Å². The van der Waals surface area contributed by atoms with Crippen LogP contribution in [0.15, 0.2) is 0 Å². The first-order valence-corrected chi connectivity index (χ1v) is 19.6. The Hall–Kier alpha value is -3.94. The van der Waals surface area contributed by atoms with Crippen molar-refractivity contribution in [2.24, 2.45) is 5.73 Å². The van der Waals surface area contributed by atoms with Crippen molar-refractivity contribution in [3.63, 3.8) is 0 Å². The van der Waals surface area contributed by atoms with Crippen molar-refractivity contribution in [2.75, 3.05) is 62.3 Å². The lowest BCUT2D eigenvalue weighted by atomic mass is 10.2. The number of aliphatic carboxylic acids is 1. The van der Waals surface area contributed by atoms with Gasteiger partial charge in [-0.1, -0.05) is 0 Å². The van der Waals surface area contributed by atoms with E-state index in [2.05, 4.69) is 87.7 Å². The number of likely N-dealkylation sites (tertiary alicyclic amines) is 2. The number of carbonyl (C=O) groups is 10. The Balaban J connectivity index is 1.77. The van der Waals surface area contributed by atoms with Crippen LogP contribution in [0.2, 0.25) is 0 Å². The second kappa shape index (κ2) is 23.9. The number of rotatable bonds is 21. The Kier molecular flexibility index (Phi) is 20.5. The van der Waals surface area contributed by atoms with Crippen LogP contribution in [0.25, 0.3) is 0 Å². The molecule has 2 fully saturated rings. The van der Waals surface area contributed by atoms with Crippen molar-refractivity contribution in [3.8, 4) is 0 Å². The minimum atomic E-state index is -1.28. The highest BCUT2D eigenvalue weighted by Gasteiger charge is 2.37. The van der Waals surface area contributed by atoms with Crippen LogP contribution in [-0.2, 0) is 47.9 Å². The maximum Gasteiger partial charge on any atom is 0.327 e. The molecule has 2 saturated heterocycles. The molecule has 55 heavy (non-hydrogen) atoms. The molecule has 0 unspecified atom stereocenters. The molecule has 21 nitrogen and oxygen atoms in total. The molecular weight excluding hydrogens is 805 g/mol. The van der Waals surface area contributed by atoms with E-state index in [-0.39, 0.29) is 42.6 Å². The van der Waals surface area contributed by atoms with Crippen molar-refractivity contribution in [1.29, 1.82) is 0 Å². The molecule has 0 aromatic rings. The lowest BCUT2D eigenvalue weighted by molar-refractivity contribution is -0.143. The van der Waals surface area contributed by atoms with E-state index in [9.17, 15) is 47.9 Å². The smallest absolute Gasteiger partial charge is 0.327 e. The van der Waals surface area contributed by atoms with Gasteiger partial charge in [0.15, 0.2) is 0 Å². The number of hydrogen-bond acceptors (Lipinski definition) is 15. The number of hydrogen-bond donors (Lipinski definition) is 13. The minimum Gasteiger partial charge on any atom is -0.480 e. The predicted molar refractivity (Wildman–Crippen MR) is 208 cm³/mol. The topological polar surface area (TPSA) is 308 Å². The maximum absolute atomic E-state index is 13.0. The number of amides is 9. The quantitative estimate of drug-likeness (QED) is 0.0481. The van der Waals surface area contributed by atoms with Crippen LogP contribution in [0.3, 0.4) is 0 Å². The summed E-state index contributed by atoms with van der Waals surface area (Å²) in [6.07, 6.45) is 1.60. The minimum absolute atomic E-state index is 0.0767. The van der Waals surface area contributed by atoms with Gasteiger partial charge in [0.1, 0.15) is 30.2 Å². The van der Waals surface area contributed by atoms with Crippen molar-refractivity contribution in [2.45, 2.75) is 61.9 Å². The fourth-order valence-electron chi connectivity index (χ4n) is 5.43.